The summed E-state index contributed by atoms with van der Waals surface area (Å²) in [5.74, 6) is -0.776. The molecule has 1 heterocycles. The molecule has 1 aliphatic heterocycles. The van der Waals surface area contributed by atoms with E-state index in [1.54, 1.807) is 0 Å². The Morgan fingerprint density at radius 3 is 2.50 bits per heavy atom. The largest absolute Gasteiger partial charge is 0.491 e. The normalized spacial score (nSPS) is 16.8. The van der Waals surface area contributed by atoms with Crippen LogP contribution in [0.3, 0.4) is 0 Å². The molecule has 1 fully saturated rings. The molecule has 0 aromatic heterocycles. The van der Waals surface area contributed by atoms with Gasteiger partial charge in [0.1, 0.15) is 5.82 Å². The number of benzene rings is 1. The Morgan fingerprint density at radius 2 is 1.94 bits per heavy atom. The van der Waals surface area contributed by atoms with E-state index in [0.717, 1.165) is 6.07 Å². The second kappa shape index (κ2) is 4.69. The third-order valence-corrected chi connectivity index (χ3v) is 2.60. The third kappa shape index (κ3) is 2.21. The molecule has 0 unspecified atom stereocenters. The Labute approximate surface area is 96.7 Å². The van der Waals surface area contributed by atoms with Crippen LogP contribution < -0.4 is 5.46 Å². The Bertz CT molecular complexity index is 395. The summed E-state index contributed by atoms with van der Waals surface area (Å²) in [4.78, 5) is 0. The van der Waals surface area contributed by atoms with Crippen molar-refractivity contribution in [2.24, 2.45) is 0 Å². The Morgan fingerprint density at radius 1 is 1.31 bits per heavy atom. The van der Waals surface area contributed by atoms with Crippen LogP contribution in [0.4, 0.5) is 4.39 Å². The summed E-state index contributed by atoms with van der Waals surface area (Å²) in [5.41, 5.74) is 0.141. The summed E-state index contributed by atoms with van der Waals surface area (Å²) in [6.45, 7) is 0.852. The van der Waals surface area contributed by atoms with Gasteiger partial charge in [-0.05, 0) is 12.1 Å². The molecule has 0 atom stereocenters. The molecule has 7 heteroatoms. The SMILES string of the molecule is OB(O)c1cc(C2OCCO2)c(Cl)cc1F. The second-order valence-electron chi connectivity index (χ2n) is 3.34. The molecule has 0 radical (unpaired) electrons. The van der Waals surface area contributed by atoms with E-state index in [1.165, 1.54) is 6.07 Å². The van der Waals surface area contributed by atoms with Crippen LogP contribution in [-0.4, -0.2) is 30.4 Å². The number of ether oxygens (including phenoxy) is 2. The fourth-order valence-electron chi connectivity index (χ4n) is 1.50. The fourth-order valence-corrected chi connectivity index (χ4v) is 1.74. The van der Waals surface area contributed by atoms with Crippen molar-refractivity contribution in [3.63, 3.8) is 0 Å². The van der Waals surface area contributed by atoms with Gasteiger partial charge in [0.2, 0.25) is 0 Å². The molecule has 86 valence electrons. The lowest BCUT2D eigenvalue weighted by atomic mass is 9.79. The Balaban J connectivity index is 2.40. The highest BCUT2D eigenvalue weighted by Crippen LogP contribution is 2.29. The van der Waals surface area contributed by atoms with Gasteiger partial charge in [-0.15, -0.1) is 0 Å². The maximum Gasteiger partial charge on any atom is 0.491 e. The lowest BCUT2D eigenvalue weighted by Crippen LogP contribution is -2.33. The van der Waals surface area contributed by atoms with Crippen LogP contribution in [0.15, 0.2) is 12.1 Å². The van der Waals surface area contributed by atoms with Gasteiger partial charge in [-0.1, -0.05) is 11.6 Å². The quantitative estimate of drug-likeness (QED) is 0.732. The van der Waals surface area contributed by atoms with E-state index in [4.69, 9.17) is 31.1 Å². The smallest absolute Gasteiger partial charge is 0.423 e. The van der Waals surface area contributed by atoms with Crippen molar-refractivity contribution < 1.29 is 23.9 Å². The van der Waals surface area contributed by atoms with Crippen LogP contribution in [0.1, 0.15) is 11.9 Å². The molecule has 16 heavy (non-hydrogen) atoms. The van der Waals surface area contributed by atoms with Crippen LogP contribution in [0, 0.1) is 5.82 Å². The maximum atomic E-state index is 13.3. The summed E-state index contributed by atoms with van der Waals surface area (Å²) in [5, 5.41) is 18.0. The molecule has 0 saturated carbocycles. The van der Waals surface area contributed by atoms with Gasteiger partial charge in [0.15, 0.2) is 6.29 Å². The molecule has 0 bridgehead atoms. The van der Waals surface area contributed by atoms with Crippen molar-refractivity contribution in [2.45, 2.75) is 6.29 Å². The summed E-state index contributed by atoms with van der Waals surface area (Å²) in [6, 6.07) is 2.25. The predicted molar refractivity (Wildman–Crippen MR) is 55.9 cm³/mol. The zero-order valence-corrected chi connectivity index (χ0v) is 8.95. The van der Waals surface area contributed by atoms with Gasteiger partial charge in [-0.3, -0.25) is 0 Å². The highest BCUT2D eigenvalue weighted by molar-refractivity contribution is 6.58. The Hall–Kier alpha value is -0.655. The zero-order chi connectivity index (χ0) is 11.7. The van der Waals surface area contributed by atoms with E-state index < -0.39 is 19.2 Å². The zero-order valence-electron chi connectivity index (χ0n) is 8.19. The monoisotopic (exact) mass is 246 g/mol. The molecular weight excluding hydrogens is 237 g/mol. The average Bonchev–Trinajstić information content (AvgIpc) is 2.70. The van der Waals surface area contributed by atoms with Gasteiger partial charge >= 0.3 is 7.12 Å². The van der Waals surface area contributed by atoms with E-state index in [1.807, 2.05) is 0 Å². The van der Waals surface area contributed by atoms with Gasteiger partial charge in [-0.2, -0.15) is 0 Å². The molecule has 0 amide bonds. The maximum absolute atomic E-state index is 13.3. The minimum atomic E-state index is -1.89. The summed E-state index contributed by atoms with van der Waals surface area (Å²) < 4.78 is 23.7. The first-order chi connectivity index (χ1) is 7.59. The van der Waals surface area contributed by atoms with Crippen LogP contribution >= 0.6 is 11.6 Å². The average molecular weight is 246 g/mol. The van der Waals surface area contributed by atoms with Crippen LogP contribution in [-0.2, 0) is 9.47 Å². The number of hydrogen-bond acceptors (Lipinski definition) is 4. The minimum Gasteiger partial charge on any atom is -0.423 e. The molecule has 2 N–H and O–H groups in total. The lowest BCUT2D eigenvalue weighted by Gasteiger charge is -2.13. The second-order valence-corrected chi connectivity index (χ2v) is 3.75. The number of rotatable bonds is 2. The fraction of sp³-hybridized carbons (Fsp3) is 0.333. The number of halogens is 2. The molecule has 0 spiro atoms. The van der Waals surface area contributed by atoms with Gasteiger partial charge in [0.25, 0.3) is 0 Å². The van der Waals surface area contributed by atoms with Crippen molar-refractivity contribution in [1.82, 2.24) is 0 Å². The summed E-state index contributed by atoms with van der Waals surface area (Å²) >= 11 is 5.82. The van der Waals surface area contributed by atoms with Gasteiger partial charge in [-0.25, -0.2) is 4.39 Å². The van der Waals surface area contributed by atoms with E-state index >= 15 is 0 Å². The third-order valence-electron chi connectivity index (χ3n) is 2.27. The first-order valence-electron chi connectivity index (χ1n) is 4.68. The summed E-state index contributed by atoms with van der Waals surface area (Å²) in [6.07, 6.45) is -0.675. The van der Waals surface area contributed by atoms with Crippen LogP contribution in [0.5, 0.6) is 0 Å². The standard InChI is InChI=1S/C9H9BClFO4/c11-7-4-8(12)6(10(13)14)3-5(7)9-15-1-2-16-9/h3-4,9,13-14H,1-2H2. The first kappa shape index (κ1) is 11.8. The van der Waals surface area contributed by atoms with Crippen molar-refractivity contribution >= 4 is 24.2 Å². The molecule has 2 rings (SSSR count). The van der Waals surface area contributed by atoms with E-state index in [0.29, 0.717) is 18.8 Å². The van der Waals surface area contributed by atoms with Crippen molar-refractivity contribution in [1.29, 1.82) is 0 Å². The van der Waals surface area contributed by atoms with E-state index in [9.17, 15) is 4.39 Å². The lowest BCUT2D eigenvalue weighted by molar-refractivity contribution is -0.0440. The molecule has 1 aliphatic rings. The highest BCUT2D eigenvalue weighted by atomic mass is 35.5. The molecular formula is C9H9BClFO4. The van der Waals surface area contributed by atoms with Crippen molar-refractivity contribution in [3.05, 3.63) is 28.5 Å². The topological polar surface area (TPSA) is 58.9 Å². The molecule has 1 aromatic carbocycles. The molecule has 1 saturated heterocycles. The van der Waals surface area contributed by atoms with Crippen LogP contribution in [0.25, 0.3) is 0 Å². The summed E-state index contributed by atoms with van der Waals surface area (Å²) in [7, 11) is -1.89. The van der Waals surface area contributed by atoms with Crippen LogP contribution in [0.2, 0.25) is 5.02 Å². The van der Waals surface area contributed by atoms with Gasteiger partial charge in [0.05, 0.1) is 18.2 Å². The molecule has 1 aromatic rings. The van der Waals surface area contributed by atoms with E-state index in [2.05, 4.69) is 0 Å². The van der Waals surface area contributed by atoms with E-state index in [-0.39, 0.29) is 10.5 Å². The van der Waals surface area contributed by atoms with Crippen molar-refractivity contribution in [3.8, 4) is 0 Å². The highest BCUT2D eigenvalue weighted by Gasteiger charge is 2.25. The van der Waals surface area contributed by atoms with Crippen molar-refractivity contribution in [2.75, 3.05) is 13.2 Å². The number of hydrogen-bond donors (Lipinski definition) is 2. The molecule has 4 nitrogen and oxygen atoms in total. The minimum absolute atomic E-state index is 0.133. The molecule has 0 aliphatic carbocycles. The van der Waals surface area contributed by atoms with Gasteiger partial charge < -0.3 is 19.5 Å². The predicted octanol–water partition coefficient (Wildman–Crippen LogP) is 0.204. The first-order valence-corrected chi connectivity index (χ1v) is 5.05. The Kier molecular flexibility index (Phi) is 3.46. The van der Waals surface area contributed by atoms with Gasteiger partial charge in [0, 0.05) is 11.0 Å².